The van der Waals surface area contributed by atoms with Crippen LogP contribution in [0.2, 0.25) is 5.02 Å². The van der Waals surface area contributed by atoms with Gasteiger partial charge >= 0.3 is 12.1 Å². The smallest absolute Gasteiger partial charge is 0.408 e. The number of ether oxygens (including phenoxy) is 3. The van der Waals surface area contributed by atoms with Crippen molar-refractivity contribution in [3.8, 4) is 11.5 Å². The maximum Gasteiger partial charge on any atom is 0.408 e. The topological polar surface area (TPSA) is 94.1 Å². The summed E-state index contributed by atoms with van der Waals surface area (Å²) in [6, 6.07) is 2.39. The molecule has 0 saturated carbocycles. The molecule has 1 aliphatic rings. The van der Waals surface area contributed by atoms with E-state index in [0.29, 0.717) is 35.3 Å². The van der Waals surface area contributed by atoms with Crippen LogP contribution in [0.5, 0.6) is 11.5 Å². The van der Waals surface area contributed by atoms with E-state index in [-0.39, 0.29) is 6.42 Å². The Bertz CT molecular complexity index is 655. The third kappa shape index (κ3) is 5.70. The van der Waals surface area contributed by atoms with Gasteiger partial charge in [-0.05, 0) is 38.5 Å². The zero-order valence-corrected chi connectivity index (χ0v) is 15.2. The van der Waals surface area contributed by atoms with E-state index in [4.69, 9.17) is 30.9 Å². The summed E-state index contributed by atoms with van der Waals surface area (Å²) < 4.78 is 16.4. The molecule has 2 rings (SSSR count). The van der Waals surface area contributed by atoms with E-state index in [1.807, 2.05) is 0 Å². The molecular weight excluding hydrogens is 350 g/mol. The Morgan fingerprint density at radius 3 is 2.64 bits per heavy atom. The summed E-state index contributed by atoms with van der Waals surface area (Å²) in [7, 11) is 0. The second-order valence-corrected chi connectivity index (χ2v) is 7.08. The van der Waals surface area contributed by atoms with Crippen LogP contribution in [0.3, 0.4) is 0 Å². The Morgan fingerprint density at radius 2 is 2.00 bits per heavy atom. The molecule has 0 spiro atoms. The number of rotatable bonds is 4. The number of nitrogens with one attached hydrogen (secondary N) is 1. The SMILES string of the molecule is CC(C)(C)OC(=O)N[C@@H](CC(=O)O)c1cc(Cl)c2c(c1)OCCCO2. The number of carboxylic acid groups (broad SMARTS) is 1. The number of halogens is 1. The molecule has 0 bridgehead atoms. The minimum atomic E-state index is -1.07. The van der Waals surface area contributed by atoms with Gasteiger partial charge in [-0.15, -0.1) is 0 Å². The number of amides is 1. The predicted molar refractivity (Wildman–Crippen MR) is 91.4 cm³/mol. The molecule has 1 atom stereocenters. The lowest BCUT2D eigenvalue weighted by atomic mass is 10.0. The van der Waals surface area contributed by atoms with Gasteiger partial charge in [0.25, 0.3) is 0 Å². The van der Waals surface area contributed by atoms with Crippen LogP contribution in [0.25, 0.3) is 0 Å². The van der Waals surface area contributed by atoms with Crippen molar-refractivity contribution < 1.29 is 28.9 Å². The monoisotopic (exact) mass is 371 g/mol. The third-order valence-corrected chi connectivity index (χ3v) is 3.58. The van der Waals surface area contributed by atoms with Crippen LogP contribution in [0.4, 0.5) is 4.79 Å². The zero-order valence-electron chi connectivity index (χ0n) is 14.4. The molecule has 25 heavy (non-hydrogen) atoms. The van der Waals surface area contributed by atoms with Gasteiger partial charge < -0.3 is 24.6 Å². The minimum absolute atomic E-state index is 0.302. The summed E-state index contributed by atoms with van der Waals surface area (Å²) >= 11 is 6.25. The highest BCUT2D eigenvalue weighted by molar-refractivity contribution is 6.32. The fourth-order valence-corrected chi connectivity index (χ4v) is 2.60. The first-order valence-corrected chi connectivity index (χ1v) is 8.34. The van der Waals surface area contributed by atoms with Gasteiger partial charge in [0, 0.05) is 6.42 Å². The molecule has 1 aliphatic heterocycles. The average molecular weight is 372 g/mol. The van der Waals surface area contributed by atoms with Crippen molar-refractivity contribution in [3.63, 3.8) is 0 Å². The van der Waals surface area contributed by atoms with Crippen LogP contribution in [-0.2, 0) is 9.53 Å². The number of carbonyl (C=O) groups excluding carboxylic acids is 1. The second-order valence-electron chi connectivity index (χ2n) is 6.68. The normalized spacial score (nSPS) is 15.0. The number of hydrogen-bond acceptors (Lipinski definition) is 5. The van der Waals surface area contributed by atoms with Gasteiger partial charge in [0.05, 0.1) is 30.7 Å². The number of carboxylic acids is 1. The van der Waals surface area contributed by atoms with Gasteiger partial charge in [0.15, 0.2) is 11.5 Å². The van der Waals surface area contributed by atoms with Crippen LogP contribution < -0.4 is 14.8 Å². The lowest BCUT2D eigenvalue weighted by Crippen LogP contribution is -2.35. The lowest BCUT2D eigenvalue weighted by Gasteiger charge is -2.24. The number of aliphatic carboxylic acids is 1. The average Bonchev–Trinajstić information content (AvgIpc) is 2.69. The number of benzene rings is 1. The summed E-state index contributed by atoms with van der Waals surface area (Å²) in [6.07, 6.45) is -0.313. The molecule has 0 aromatic heterocycles. The maximum atomic E-state index is 12.0. The molecule has 2 N–H and O–H groups in total. The molecule has 1 aromatic rings. The summed E-state index contributed by atoms with van der Waals surface area (Å²) in [6.45, 7) is 6.13. The minimum Gasteiger partial charge on any atom is -0.489 e. The van der Waals surface area contributed by atoms with Crippen LogP contribution >= 0.6 is 11.6 Å². The molecule has 0 saturated heterocycles. The van der Waals surface area contributed by atoms with Crippen molar-refractivity contribution in [3.05, 3.63) is 22.7 Å². The molecule has 1 aromatic carbocycles. The van der Waals surface area contributed by atoms with E-state index in [9.17, 15) is 9.59 Å². The molecule has 0 radical (unpaired) electrons. The number of carbonyl (C=O) groups is 2. The summed E-state index contributed by atoms with van der Waals surface area (Å²) in [5.74, 6) is -0.208. The number of alkyl carbamates (subject to hydrolysis) is 1. The molecule has 0 unspecified atom stereocenters. The summed E-state index contributed by atoms with van der Waals surface area (Å²) in [5.41, 5.74) is -0.192. The summed E-state index contributed by atoms with van der Waals surface area (Å²) in [4.78, 5) is 23.2. The number of fused-ring (bicyclic) bond motifs is 1. The maximum absolute atomic E-state index is 12.0. The summed E-state index contributed by atoms with van der Waals surface area (Å²) in [5, 5.41) is 12.0. The molecule has 138 valence electrons. The highest BCUT2D eigenvalue weighted by atomic mass is 35.5. The van der Waals surface area contributed by atoms with Gasteiger partial charge in [-0.3, -0.25) is 4.79 Å². The zero-order chi connectivity index (χ0) is 18.6. The van der Waals surface area contributed by atoms with E-state index in [2.05, 4.69) is 5.32 Å². The molecule has 0 aliphatic carbocycles. The first-order valence-electron chi connectivity index (χ1n) is 7.96. The highest BCUT2D eigenvalue weighted by Gasteiger charge is 2.25. The number of hydrogen-bond donors (Lipinski definition) is 2. The van der Waals surface area contributed by atoms with E-state index >= 15 is 0 Å². The van der Waals surface area contributed by atoms with Crippen LogP contribution in [0.1, 0.15) is 45.2 Å². The van der Waals surface area contributed by atoms with Gasteiger partial charge in [-0.1, -0.05) is 11.6 Å². The van der Waals surface area contributed by atoms with E-state index < -0.39 is 23.7 Å². The molecule has 1 amide bonds. The Morgan fingerprint density at radius 1 is 1.32 bits per heavy atom. The Kier molecular flexibility index (Phi) is 6.00. The van der Waals surface area contributed by atoms with Gasteiger partial charge in [0.1, 0.15) is 5.60 Å². The molecule has 8 heteroatoms. The largest absolute Gasteiger partial charge is 0.489 e. The van der Waals surface area contributed by atoms with Crippen LogP contribution in [0, 0.1) is 0 Å². The first-order chi connectivity index (χ1) is 11.7. The standard InChI is InChI=1S/C17H22ClNO6/c1-17(2,3)25-16(22)19-12(9-14(20)21)10-7-11(18)15-13(8-10)23-5-4-6-24-15/h7-8,12H,4-6,9H2,1-3H3,(H,19,22)(H,20,21)/t12-/m0/s1. The molecule has 1 heterocycles. The second kappa shape index (κ2) is 7.82. The van der Waals surface area contributed by atoms with E-state index in [1.165, 1.54) is 0 Å². The van der Waals surface area contributed by atoms with E-state index in [1.54, 1.807) is 32.9 Å². The highest BCUT2D eigenvalue weighted by Crippen LogP contribution is 2.39. The Balaban J connectivity index is 2.28. The molecular formula is C17H22ClNO6. The van der Waals surface area contributed by atoms with Gasteiger partial charge in [-0.2, -0.15) is 0 Å². The quantitative estimate of drug-likeness (QED) is 0.840. The Hall–Kier alpha value is -2.15. The third-order valence-electron chi connectivity index (χ3n) is 3.30. The van der Waals surface area contributed by atoms with Crippen molar-refractivity contribution in [2.75, 3.05) is 13.2 Å². The van der Waals surface area contributed by atoms with Gasteiger partial charge in [-0.25, -0.2) is 4.79 Å². The van der Waals surface area contributed by atoms with Crippen molar-refractivity contribution in [2.45, 2.75) is 45.3 Å². The van der Waals surface area contributed by atoms with E-state index in [0.717, 1.165) is 6.42 Å². The fourth-order valence-electron chi connectivity index (χ4n) is 2.33. The van der Waals surface area contributed by atoms with Crippen molar-refractivity contribution >= 4 is 23.7 Å². The molecule has 7 nitrogen and oxygen atoms in total. The van der Waals surface area contributed by atoms with Crippen LogP contribution in [0.15, 0.2) is 12.1 Å². The Labute approximate surface area is 151 Å². The van der Waals surface area contributed by atoms with Gasteiger partial charge in [0.2, 0.25) is 0 Å². The lowest BCUT2D eigenvalue weighted by molar-refractivity contribution is -0.137. The predicted octanol–water partition coefficient (Wildman–Crippen LogP) is 3.54. The first kappa shape index (κ1) is 19.2. The fraction of sp³-hybridized carbons (Fsp3) is 0.529. The van der Waals surface area contributed by atoms with Crippen molar-refractivity contribution in [2.24, 2.45) is 0 Å². The van der Waals surface area contributed by atoms with Crippen LogP contribution in [-0.4, -0.2) is 36.0 Å². The van der Waals surface area contributed by atoms with Crippen molar-refractivity contribution in [1.82, 2.24) is 5.32 Å². The molecule has 0 fully saturated rings. The van der Waals surface area contributed by atoms with Crippen molar-refractivity contribution in [1.29, 1.82) is 0 Å².